The summed E-state index contributed by atoms with van der Waals surface area (Å²) in [5, 5.41) is 3.96. The highest BCUT2D eigenvalue weighted by atomic mass is 35.5. The molecule has 0 aliphatic heterocycles. The molecule has 4 nitrogen and oxygen atoms in total. The number of hydrogen-bond donors (Lipinski definition) is 1. The van der Waals surface area contributed by atoms with Crippen LogP contribution in [0, 0.1) is 6.92 Å². The van der Waals surface area contributed by atoms with Gasteiger partial charge in [0.05, 0.1) is 13.2 Å². The molecule has 0 fully saturated rings. The number of halogens is 1. The van der Waals surface area contributed by atoms with Gasteiger partial charge in [-0.2, -0.15) is 0 Å². The van der Waals surface area contributed by atoms with Crippen LogP contribution in [0.2, 0.25) is 5.02 Å². The van der Waals surface area contributed by atoms with Gasteiger partial charge in [-0.3, -0.25) is 4.57 Å². The van der Waals surface area contributed by atoms with Crippen LogP contribution in [0.5, 0.6) is 0 Å². The summed E-state index contributed by atoms with van der Waals surface area (Å²) in [6.07, 6.45) is 0. The Morgan fingerprint density at radius 1 is 1.04 bits per heavy atom. The molecule has 1 unspecified atom stereocenters. The minimum Gasteiger partial charge on any atom is -0.368 e. The van der Waals surface area contributed by atoms with E-state index in [1.54, 1.807) is 13.8 Å². The monoisotopic (exact) mass is 367 g/mol. The number of anilines is 1. The van der Waals surface area contributed by atoms with Crippen LogP contribution in [0.4, 0.5) is 5.69 Å². The van der Waals surface area contributed by atoms with Gasteiger partial charge in [-0.05, 0) is 44.0 Å². The molecule has 0 heterocycles. The van der Waals surface area contributed by atoms with Crippen molar-refractivity contribution in [3.63, 3.8) is 0 Å². The van der Waals surface area contributed by atoms with Gasteiger partial charge < -0.3 is 14.4 Å². The molecule has 0 bridgehead atoms. The average molecular weight is 368 g/mol. The second-order valence-electron chi connectivity index (χ2n) is 5.25. The predicted molar refractivity (Wildman–Crippen MR) is 99.9 cm³/mol. The highest BCUT2D eigenvalue weighted by Gasteiger charge is 2.37. The van der Waals surface area contributed by atoms with E-state index in [2.05, 4.69) is 5.32 Å². The Kier molecular flexibility index (Phi) is 6.88. The van der Waals surface area contributed by atoms with Crippen molar-refractivity contribution in [3.05, 3.63) is 64.7 Å². The van der Waals surface area contributed by atoms with Crippen molar-refractivity contribution in [1.29, 1.82) is 0 Å². The molecular weight excluding hydrogens is 345 g/mol. The van der Waals surface area contributed by atoms with Crippen molar-refractivity contribution in [2.45, 2.75) is 26.6 Å². The standard InChI is InChI=1S/C18H23ClNO3P/c1-4-22-24(21,23-5-2)18(15-10-7-6-8-11-15)20-17-13-9-12-16(19)14(17)3/h6-13,18,20H,4-5H2,1-3H3. The first-order valence-electron chi connectivity index (χ1n) is 7.97. The zero-order valence-electron chi connectivity index (χ0n) is 14.2. The van der Waals surface area contributed by atoms with Crippen LogP contribution in [0.1, 0.15) is 30.8 Å². The van der Waals surface area contributed by atoms with Crippen LogP contribution in [-0.2, 0) is 13.6 Å². The van der Waals surface area contributed by atoms with Gasteiger partial charge in [0.15, 0.2) is 5.78 Å². The molecular formula is C18H23ClNO3P. The van der Waals surface area contributed by atoms with Crippen molar-refractivity contribution < 1.29 is 13.6 Å². The van der Waals surface area contributed by atoms with Crippen molar-refractivity contribution in [3.8, 4) is 0 Å². The lowest BCUT2D eigenvalue weighted by atomic mass is 10.1. The molecule has 2 rings (SSSR count). The first-order chi connectivity index (χ1) is 11.5. The summed E-state index contributed by atoms with van der Waals surface area (Å²) in [4.78, 5) is 0. The summed E-state index contributed by atoms with van der Waals surface area (Å²) in [6, 6.07) is 15.1. The summed E-state index contributed by atoms with van der Waals surface area (Å²) in [5.74, 6) is -0.615. The lowest BCUT2D eigenvalue weighted by Crippen LogP contribution is -2.16. The Morgan fingerprint density at radius 2 is 1.67 bits per heavy atom. The van der Waals surface area contributed by atoms with Crippen LogP contribution in [-0.4, -0.2) is 13.2 Å². The first kappa shape index (κ1) is 19.0. The molecule has 0 aliphatic rings. The lowest BCUT2D eigenvalue weighted by molar-refractivity contribution is 0.214. The molecule has 0 aromatic heterocycles. The molecule has 130 valence electrons. The molecule has 0 aliphatic carbocycles. The number of rotatable bonds is 8. The fraction of sp³-hybridized carbons (Fsp3) is 0.333. The zero-order valence-corrected chi connectivity index (χ0v) is 15.8. The van der Waals surface area contributed by atoms with Crippen molar-refractivity contribution in [2.24, 2.45) is 0 Å². The quantitative estimate of drug-likeness (QED) is 0.579. The largest absolute Gasteiger partial charge is 0.368 e. The van der Waals surface area contributed by atoms with Gasteiger partial charge in [0.2, 0.25) is 0 Å². The first-order valence-corrected chi connectivity index (χ1v) is 9.96. The van der Waals surface area contributed by atoms with Crippen LogP contribution in [0.25, 0.3) is 0 Å². The smallest absolute Gasteiger partial charge is 0.357 e. The SMILES string of the molecule is CCOP(=O)(OCC)C(Nc1cccc(Cl)c1C)c1ccccc1. The van der Waals surface area contributed by atoms with Gasteiger partial charge in [-0.1, -0.05) is 48.0 Å². The maximum absolute atomic E-state index is 13.4. The van der Waals surface area contributed by atoms with Crippen molar-refractivity contribution >= 4 is 24.9 Å². The predicted octanol–water partition coefficient (Wildman–Crippen LogP) is 6.03. The van der Waals surface area contributed by atoms with E-state index in [0.717, 1.165) is 16.8 Å². The van der Waals surface area contributed by atoms with Gasteiger partial charge in [0.25, 0.3) is 0 Å². The summed E-state index contributed by atoms with van der Waals surface area (Å²) in [7, 11) is -3.41. The second kappa shape index (κ2) is 8.68. The Hall–Kier alpha value is -1.32. The lowest BCUT2D eigenvalue weighted by Gasteiger charge is -2.28. The second-order valence-corrected chi connectivity index (χ2v) is 7.77. The molecule has 0 spiro atoms. The van der Waals surface area contributed by atoms with E-state index >= 15 is 0 Å². The van der Waals surface area contributed by atoms with Crippen LogP contribution in [0.15, 0.2) is 48.5 Å². The molecule has 2 aromatic carbocycles. The van der Waals surface area contributed by atoms with Crippen LogP contribution < -0.4 is 5.32 Å². The number of hydrogen-bond acceptors (Lipinski definition) is 4. The molecule has 2 aromatic rings. The Labute approximate surface area is 148 Å². The normalized spacial score (nSPS) is 12.8. The average Bonchev–Trinajstić information content (AvgIpc) is 2.57. The van der Waals surface area contributed by atoms with E-state index in [4.69, 9.17) is 20.6 Å². The molecule has 0 amide bonds. The highest BCUT2D eigenvalue weighted by molar-refractivity contribution is 7.54. The third kappa shape index (κ3) is 4.40. The van der Waals surface area contributed by atoms with E-state index in [0.29, 0.717) is 18.2 Å². The third-order valence-corrected chi connectivity index (χ3v) is 6.31. The minimum absolute atomic E-state index is 0.302. The summed E-state index contributed by atoms with van der Waals surface area (Å²) in [5.41, 5.74) is 2.53. The summed E-state index contributed by atoms with van der Waals surface area (Å²) in [6.45, 7) is 6.13. The molecule has 1 N–H and O–H groups in total. The number of benzene rings is 2. The summed E-state index contributed by atoms with van der Waals surface area (Å²) < 4.78 is 24.5. The molecule has 0 saturated heterocycles. The van der Waals surface area contributed by atoms with Gasteiger partial charge >= 0.3 is 7.60 Å². The van der Waals surface area contributed by atoms with E-state index in [-0.39, 0.29) is 0 Å². The maximum Gasteiger partial charge on any atom is 0.357 e. The van der Waals surface area contributed by atoms with E-state index in [1.807, 2.05) is 55.5 Å². The van der Waals surface area contributed by atoms with Crippen LogP contribution >= 0.6 is 19.2 Å². The van der Waals surface area contributed by atoms with Gasteiger partial charge in [0.1, 0.15) is 0 Å². The van der Waals surface area contributed by atoms with E-state index in [9.17, 15) is 4.57 Å². The van der Waals surface area contributed by atoms with E-state index in [1.165, 1.54) is 0 Å². The fourth-order valence-electron chi connectivity index (χ4n) is 2.44. The molecule has 0 radical (unpaired) electrons. The number of nitrogens with one attached hydrogen (secondary N) is 1. The Bertz CT molecular complexity index is 699. The van der Waals surface area contributed by atoms with Gasteiger partial charge in [-0.15, -0.1) is 0 Å². The molecule has 0 saturated carbocycles. The van der Waals surface area contributed by atoms with Crippen LogP contribution in [0.3, 0.4) is 0 Å². The topological polar surface area (TPSA) is 47.6 Å². The fourth-order valence-corrected chi connectivity index (χ4v) is 4.54. The van der Waals surface area contributed by atoms with Crippen molar-refractivity contribution in [2.75, 3.05) is 18.5 Å². The third-order valence-electron chi connectivity index (χ3n) is 3.61. The zero-order chi connectivity index (χ0) is 17.6. The maximum atomic E-state index is 13.4. The molecule has 24 heavy (non-hydrogen) atoms. The minimum atomic E-state index is -3.41. The van der Waals surface area contributed by atoms with E-state index < -0.39 is 13.4 Å². The molecule has 6 heteroatoms. The Balaban J connectivity index is 2.47. The van der Waals surface area contributed by atoms with Crippen molar-refractivity contribution in [1.82, 2.24) is 0 Å². The summed E-state index contributed by atoms with van der Waals surface area (Å²) >= 11 is 6.21. The highest BCUT2D eigenvalue weighted by Crippen LogP contribution is 2.60. The Morgan fingerprint density at radius 3 is 2.25 bits per heavy atom. The van der Waals surface area contributed by atoms with Gasteiger partial charge in [0, 0.05) is 10.7 Å². The van der Waals surface area contributed by atoms with Gasteiger partial charge in [-0.25, -0.2) is 0 Å². The molecule has 1 atom stereocenters.